The number of benzene rings is 3. The average Bonchev–Trinajstić information content (AvgIpc) is 2.93. The summed E-state index contributed by atoms with van der Waals surface area (Å²) in [5.41, 5.74) is -0.0915. The number of hydrogen-bond donors (Lipinski definition) is 1. The Morgan fingerprint density at radius 2 is 1.60 bits per heavy atom. The van der Waals surface area contributed by atoms with Crippen molar-refractivity contribution < 1.29 is 32.4 Å². The van der Waals surface area contributed by atoms with Crippen LogP contribution < -0.4 is 19.1 Å². The van der Waals surface area contributed by atoms with Crippen molar-refractivity contribution >= 4 is 28.7 Å². The molecular weight excluding hydrogens is 571 g/mol. The van der Waals surface area contributed by atoms with E-state index < -0.39 is 45.3 Å². The summed E-state index contributed by atoms with van der Waals surface area (Å²) in [7, 11) is -1.56. The number of halogens is 1. The Kier molecular flexibility index (Phi) is 9.61. The third-order valence-electron chi connectivity index (χ3n) is 6.70. The minimum absolute atomic E-state index is 0.0119. The number of carbonyl (C=O) groups is 2. The van der Waals surface area contributed by atoms with E-state index in [9.17, 15) is 13.8 Å². The first-order chi connectivity index (χ1) is 20.2. The molecule has 0 saturated carbocycles. The molecule has 1 amide bonds. The number of hydrogen-bond acceptors (Lipinski definition) is 6. The van der Waals surface area contributed by atoms with Gasteiger partial charge < -0.3 is 14.2 Å². The van der Waals surface area contributed by atoms with Crippen LogP contribution in [-0.4, -0.2) is 33.2 Å². The van der Waals surface area contributed by atoms with E-state index in [-0.39, 0.29) is 53.4 Å². The lowest BCUT2D eigenvalue weighted by atomic mass is 9.90. The maximum atomic E-state index is 16.6. The van der Waals surface area contributed by atoms with Gasteiger partial charge in [0.05, 0.1) is 27.5 Å². The monoisotopic (exact) mass is 610 g/mol. The van der Waals surface area contributed by atoms with Crippen LogP contribution in [0.2, 0.25) is 0 Å². The zero-order chi connectivity index (χ0) is 31.5. The molecule has 3 aromatic carbocycles. The summed E-state index contributed by atoms with van der Waals surface area (Å²) in [5, 5.41) is 0. The molecule has 1 aliphatic heterocycles. The van der Waals surface area contributed by atoms with Crippen LogP contribution in [-0.2, 0) is 22.3 Å². The minimum Gasteiger partial charge on any atom is -0.486 e. The normalized spacial score (nSPS) is 15.8. The van der Waals surface area contributed by atoms with Gasteiger partial charge in [-0.3, -0.25) is 4.90 Å². The molecule has 2 unspecified atom stereocenters. The smallest absolute Gasteiger partial charge is 0.414 e. The number of rotatable bonds is 7. The Morgan fingerprint density at radius 1 is 1.00 bits per heavy atom. The van der Waals surface area contributed by atoms with Gasteiger partial charge >= 0.3 is 12.1 Å². The molecule has 0 bridgehead atoms. The number of ether oxygens (including phenoxy) is 3. The van der Waals surface area contributed by atoms with Crippen molar-refractivity contribution in [2.24, 2.45) is 0 Å². The van der Waals surface area contributed by atoms with Gasteiger partial charge in [0, 0.05) is 17.7 Å². The van der Waals surface area contributed by atoms with Crippen LogP contribution in [0.1, 0.15) is 81.1 Å². The van der Waals surface area contributed by atoms with Crippen molar-refractivity contribution in [1.29, 1.82) is 0 Å². The number of esters is 1. The molecule has 1 N–H and O–H groups in total. The van der Waals surface area contributed by atoms with Crippen molar-refractivity contribution in [3.63, 3.8) is 0 Å². The Labute approximate surface area is 255 Å². The van der Waals surface area contributed by atoms with Crippen LogP contribution in [0.3, 0.4) is 0 Å². The van der Waals surface area contributed by atoms with Crippen LogP contribution in [0.4, 0.5) is 14.9 Å². The van der Waals surface area contributed by atoms with Crippen molar-refractivity contribution in [3.8, 4) is 11.5 Å². The summed E-state index contributed by atoms with van der Waals surface area (Å²) in [6.45, 7) is 12.2. The van der Waals surface area contributed by atoms with E-state index in [0.717, 1.165) is 5.56 Å². The predicted molar refractivity (Wildman–Crippen MR) is 165 cm³/mol. The third-order valence-corrected chi connectivity index (χ3v) is 8.31. The second-order valence-corrected chi connectivity index (χ2v) is 14.4. The van der Waals surface area contributed by atoms with E-state index in [2.05, 4.69) is 4.72 Å². The average molecular weight is 611 g/mol. The van der Waals surface area contributed by atoms with Gasteiger partial charge in [0.2, 0.25) is 0 Å². The molecule has 1 aliphatic rings. The van der Waals surface area contributed by atoms with Gasteiger partial charge in [0.1, 0.15) is 29.3 Å². The van der Waals surface area contributed by atoms with Gasteiger partial charge in [-0.15, -0.1) is 0 Å². The van der Waals surface area contributed by atoms with E-state index >= 15 is 4.39 Å². The highest BCUT2D eigenvalue weighted by Gasteiger charge is 2.41. The summed E-state index contributed by atoms with van der Waals surface area (Å²) >= 11 is 0. The van der Waals surface area contributed by atoms with Gasteiger partial charge in [-0.2, -0.15) is 0 Å². The molecular formula is C33H39FN2O6S. The first-order valence-corrected chi connectivity index (χ1v) is 15.3. The molecule has 0 aromatic heterocycles. The molecule has 43 heavy (non-hydrogen) atoms. The quantitative estimate of drug-likeness (QED) is 0.225. The molecule has 1 heterocycles. The number of fused-ring (bicyclic) bond motifs is 1. The highest BCUT2D eigenvalue weighted by atomic mass is 32.2. The second kappa shape index (κ2) is 12.9. The van der Waals surface area contributed by atoms with Crippen LogP contribution in [0, 0.1) is 12.7 Å². The van der Waals surface area contributed by atoms with E-state index in [0.29, 0.717) is 0 Å². The molecule has 0 fully saturated rings. The minimum atomic E-state index is -1.56. The SMILES string of the molecule is Cc1c(F)c2c(c(OCc3ccccc3)c1C(=O)Oc1ccccc1)N(C(=O)OC(C)(C)C)CCC2NS(=O)C(C)(C)C. The number of nitrogens with one attached hydrogen (secondary N) is 1. The van der Waals surface area contributed by atoms with Crippen LogP contribution in [0.15, 0.2) is 60.7 Å². The molecule has 8 nitrogen and oxygen atoms in total. The largest absolute Gasteiger partial charge is 0.486 e. The van der Waals surface area contributed by atoms with Gasteiger partial charge in [0.25, 0.3) is 0 Å². The molecule has 2 atom stereocenters. The Morgan fingerprint density at radius 3 is 2.19 bits per heavy atom. The number of carbonyl (C=O) groups excluding carboxylic acids is 2. The zero-order valence-corrected chi connectivity index (χ0v) is 26.5. The van der Waals surface area contributed by atoms with Crippen molar-refractivity contribution in [2.75, 3.05) is 11.4 Å². The molecule has 0 aliphatic carbocycles. The van der Waals surface area contributed by atoms with Crippen molar-refractivity contribution in [1.82, 2.24) is 4.72 Å². The van der Waals surface area contributed by atoms with E-state index in [1.165, 1.54) is 11.8 Å². The van der Waals surface area contributed by atoms with Gasteiger partial charge in [-0.25, -0.2) is 22.9 Å². The maximum absolute atomic E-state index is 16.6. The molecule has 230 valence electrons. The fourth-order valence-corrected chi connectivity index (χ4v) is 5.46. The van der Waals surface area contributed by atoms with Gasteiger partial charge in [0.15, 0.2) is 5.75 Å². The Balaban J connectivity index is 1.94. The number of amides is 1. The molecule has 0 spiro atoms. The lowest BCUT2D eigenvalue weighted by Gasteiger charge is -2.38. The molecule has 0 radical (unpaired) electrons. The van der Waals surface area contributed by atoms with E-state index in [4.69, 9.17) is 14.2 Å². The lowest BCUT2D eigenvalue weighted by Crippen LogP contribution is -2.45. The molecule has 10 heteroatoms. The van der Waals surface area contributed by atoms with Crippen LogP contribution in [0.25, 0.3) is 0 Å². The molecule has 0 saturated heterocycles. The maximum Gasteiger partial charge on any atom is 0.414 e. The summed E-state index contributed by atoms with van der Waals surface area (Å²) < 4.78 is 49.9. The fraction of sp³-hybridized carbons (Fsp3) is 0.394. The summed E-state index contributed by atoms with van der Waals surface area (Å²) in [6.07, 6.45) is -0.476. The third kappa shape index (κ3) is 7.61. The number of para-hydroxylation sites is 1. The second-order valence-electron chi connectivity index (χ2n) is 12.4. The molecule has 4 rings (SSSR count). The number of anilines is 1. The Bertz CT molecular complexity index is 1500. The highest BCUT2D eigenvalue weighted by Crippen LogP contribution is 2.47. The standard InChI is InChI=1S/C33H39FN2O6S/c1-21-25(30(37)41-23-16-12-9-13-17-23)29(40-20-22-14-10-8-11-15-22)28-26(27(21)34)24(35-43(39)33(5,6)7)18-19-36(28)31(38)42-32(2,3)4/h8-17,24,35H,18-20H2,1-7H3. The lowest BCUT2D eigenvalue weighted by molar-refractivity contribution is 0.0572. The van der Waals surface area contributed by atoms with Crippen molar-refractivity contribution in [3.05, 3.63) is 88.7 Å². The summed E-state index contributed by atoms with van der Waals surface area (Å²) in [5.74, 6) is -1.31. The zero-order valence-electron chi connectivity index (χ0n) is 25.7. The van der Waals surface area contributed by atoms with Gasteiger partial charge in [-0.05, 0) is 72.6 Å². The van der Waals surface area contributed by atoms with Crippen molar-refractivity contribution in [2.45, 2.75) is 77.9 Å². The topological polar surface area (TPSA) is 94.2 Å². The Hall–Kier alpha value is -3.76. The van der Waals surface area contributed by atoms with E-state index in [1.54, 1.807) is 51.1 Å². The van der Waals surface area contributed by atoms with Gasteiger partial charge in [-0.1, -0.05) is 48.5 Å². The highest BCUT2D eigenvalue weighted by molar-refractivity contribution is 7.84. The first-order valence-electron chi connectivity index (χ1n) is 14.2. The first kappa shape index (κ1) is 32.2. The number of nitrogens with zero attached hydrogens (tertiary/aromatic N) is 1. The summed E-state index contributed by atoms with van der Waals surface area (Å²) in [6, 6.07) is 17.0. The molecule has 3 aromatic rings. The summed E-state index contributed by atoms with van der Waals surface area (Å²) in [4.78, 5) is 28.6. The van der Waals surface area contributed by atoms with Crippen LogP contribution >= 0.6 is 0 Å². The fourth-order valence-electron chi connectivity index (χ4n) is 4.61. The predicted octanol–water partition coefficient (Wildman–Crippen LogP) is 7.17. The van der Waals surface area contributed by atoms with E-state index in [1.807, 2.05) is 51.1 Å². The van der Waals surface area contributed by atoms with Crippen LogP contribution in [0.5, 0.6) is 11.5 Å².